The summed E-state index contributed by atoms with van der Waals surface area (Å²) in [5.41, 5.74) is 0.453. The minimum absolute atomic E-state index is 0.194. The second kappa shape index (κ2) is 10.1. The maximum atomic E-state index is 11.5. The quantitative estimate of drug-likeness (QED) is 0.279. The number of nitrogens with one attached hydrogen (secondary N) is 1. The van der Waals surface area contributed by atoms with Crippen molar-refractivity contribution in [2.24, 2.45) is 0 Å². The van der Waals surface area contributed by atoms with Crippen LogP contribution in [0.15, 0.2) is 12.2 Å². The van der Waals surface area contributed by atoms with Gasteiger partial charge in [0, 0.05) is 11.6 Å². The van der Waals surface area contributed by atoms with Crippen LogP contribution in [0.3, 0.4) is 0 Å². The summed E-state index contributed by atoms with van der Waals surface area (Å²) in [7, 11) is 0. The fourth-order valence-corrected chi connectivity index (χ4v) is 1.77. The average Bonchev–Trinajstić information content (AvgIpc) is 2.36. The fourth-order valence-electron chi connectivity index (χ4n) is 1.77. The summed E-state index contributed by atoms with van der Waals surface area (Å²) in [4.78, 5) is 11.5. The van der Waals surface area contributed by atoms with E-state index in [1.165, 1.54) is 19.3 Å². The molecule has 3 nitrogen and oxygen atoms in total. The highest BCUT2D eigenvalue weighted by Crippen LogP contribution is 2.09. The molecule has 0 aliphatic rings. The molecule has 0 fully saturated rings. The molecule has 0 aliphatic carbocycles. The maximum absolute atomic E-state index is 11.5. The van der Waals surface area contributed by atoms with Crippen LogP contribution in [0.1, 0.15) is 66.2 Å². The molecule has 0 spiro atoms. The zero-order valence-corrected chi connectivity index (χ0v) is 12.4. The zero-order chi connectivity index (χ0) is 14.0. The van der Waals surface area contributed by atoms with Gasteiger partial charge in [0.2, 0.25) is 0 Å². The highest BCUT2D eigenvalue weighted by atomic mass is 16.6. The Morgan fingerprint density at radius 1 is 1.22 bits per heavy atom. The van der Waals surface area contributed by atoms with E-state index in [0.29, 0.717) is 11.6 Å². The second-order valence-corrected chi connectivity index (χ2v) is 4.85. The van der Waals surface area contributed by atoms with E-state index in [-0.39, 0.29) is 12.2 Å². The number of ether oxygens (including phenoxy) is 1. The Balaban J connectivity index is 4.13. The molecule has 3 heteroatoms. The molecule has 0 saturated heterocycles. The normalized spacial score (nSPS) is 14.0. The average molecular weight is 255 g/mol. The Kier molecular flexibility index (Phi) is 9.66. The summed E-state index contributed by atoms with van der Waals surface area (Å²) in [6.07, 6.45) is 6.52. The van der Waals surface area contributed by atoms with Gasteiger partial charge in [0.25, 0.3) is 0 Å². The van der Waals surface area contributed by atoms with Gasteiger partial charge in [-0.3, -0.25) is 5.32 Å². The van der Waals surface area contributed by atoms with Gasteiger partial charge < -0.3 is 4.74 Å². The van der Waals surface area contributed by atoms with Crippen LogP contribution in [0.2, 0.25) is 0 Å². The molecular weight excluding hydrogens is 226 g/mol. The fraction of sp³-hybridized carbons (Fsp3) is 0.800. The van der Waals surface area contributed by atoms with Crippen molar-refractivity contribution in [2.45, 2.75) is 78.5 Å². The number of unbranched alkanes of at least 4 members (excludes halogenated alkanes) is 2. The minimum Gasteiger partial charge on any atom is -0.443 e. The van der Waals surface area contributed by atoms with Crippen molar-refractivity contribution >= 4 is 5.97 Å². The first kappa shape index (κ1) is 17.2. The third-order valence-electron chi connectivity index (χ3n) is 3.04. The topological polar surface area (TPSA) is 38.3 Å². The molecule has 18 heavy (non-hydrogen) atoms. The van der Waals surface area contributed by atoms with Crippen molar-refractivity contribution in [3.05, 3.63) is 12.2 Å². The van der Waals surface area contributed by atoms with Gasteiger partial charge in [0.15, 0.2) is 6.23 Å². The van der Waals surface area contributed by atoms with E-state index >= 15 is 0 Å². The Morgan fingerprint density at radius 2 is 1.89 bits per heavy atom. The monoisotopic (exact) mass is 255 g/mol. The first-order valence-corrected chi connectivity index (χ1v) is 7.17. The van der Waals surface area contributed by atoms with Crippen LogP contribution in [-0.4, -0.2) is 18.2 Å². The molecule has 0 aromatic heterocycles. The third kappa shape index (κ3) is 7.49. The van der Waals surface area contributed by atoms with Crippen molar-refractivity contribution in [1.82, 2.24) is 5.32 Å². The Labute approximate surface area is 112 Å². The van der Waals surface area contributed by atoms with E-state index in [1.807, 2.05) is 6.92 Å². The molecule has 2 unspecified atom stereocenters. The smallest absolute Gasteiger partial charge is 0.334 e. The lowest BCUT2D eigenvalue weighted by molar-refractivity contribution is -0.146. The number of carbonyl (C=O) groups excluding carboxylic acids is 1. The number of rotatable bonds is 10. The summed E-state index contributed by atoms with van der Waals surface area (Å²) in [5.74, 6) is -0.308. The highest BCUT2D eigenvalue weighted by molar-refractivity contribution is 5.87. The molecule has 0 heterocycles. The second-order valence-electron chi connectivity index (χ2n) is 4.85. The van der Waals surface area contributed by atoms with Gasteiger partial charge in [-0.15, -0.1) is 0 Å². The Bertz CT molecular complexity index is 251. The Hall–Kier alpha value is -0.830. The molecule has 0 amide bonds. The number of hydrogen-bond acceptors (Lipinski definition) is 3. The molecule has 0 aliphatic heterocycles. The minimum atomic E-state index is -0.308. The number of carbonyl (C=O) groups is 1. The summed E-state index contributed by atoms with van der Waals surface area (Å²) < 4.78 is 5.35. The standard InChI is InChI=1S/C15H29NO2/c1-6-9-10-11-13(7-2)16-14(8-3)18-15(17)12(4)5/h13-14,16H,4,6-11H2,1-3,5H3. The SMILES string of the molecule is C=C(C)C(=O)OC(CC)NC(CC)CCCCC. The lowest BCUT2D eigenvalue weighted by atomic mass is 10.1. The van der Waals surface area contributed by atoms with Crippen molar-refractivity contribution in [2.75, 3.05) is 0 Å². The van der Waals surface area contributed by atoms with Crippen LogP contribution in [0.4, 0.5) is 0 Å². The van der Waals surface area contributed by atoms with Crippen molar-refractivity contribution in [1.29, 1.82) is 0 Å². The van der Waals surface area contributed by atoms with E-state index in [2.05, 4.69) is 25.7 Å². The summed E-state index contributed by atoms with van der Waals surface area (Å²) in [5, 5.41) is 3.41. The maximum Gasteiger partial charge on any atom is 0.334 e. The van der Waals surface area contributed by atoms with Crippen LogP contribution in [0, 0.1) is 0 Å². The zero-order valence-electron chi connectivity index (χ0n) is 12.4. The van der Waals surface area contributed by atoms with E-state index in [1.54, 1.807) is 6.92 Å². The van der Waals surface area contributed by atoms with Crippen molar-refractivity contribution in [3.63, 3.8) is 0 Å². The van der Waals surface area contributed by atoms with Crippen LogP contribution in [0.5, 0.6) is 0 Å². The summed E-state index contributed by atoms with van der Waals surface area (Å²) in [6.45, 7) is 11.7. The van der Waals surface area contributed by atoms with E-state index in [0.717, 1.165) is 19.3 Å². The van der Waals surface area contributed by atoms with Gasteiger partial charge in [0.1, 0.15) is 0 Å². The van der Waals surface area contributed by atoms with E-state index in [9.17, 15) is 4.79 Å². The van der Waals surface area contributed by atoms with Gasteiger partial charge >= 0.3 is 5.97 Å². The van der Waals surface area contributed by atoms with E-state index in [4.69, 9.17) is 4.74 Å². The van der Waals surface area contributed by atoms with Crippen LogP contribution in [0.25, 0.3) is 0 Å². The predicted molar refractivity (Wildman–Crippen MR) is 76.3 cm³/mol. The van der Waals surface area contributed by atoms with Gasteiger partial charge in [-0.2, -0.15) is 0 Å². The van der Waals surface area contributed by atoms with Gasteiger partial charge in [0.05, 0.1) is 0 Å². The molecule has 1 N–H and O–H groups in total. The first-order chi connectivity index (χ1) is 8.54. The first-order valence-electron chi connectivity index (χ1n) is 7.17. The molecule has 0 bridgehead atoms. The van der Waals surface area contributed by atoms with Crippen LogP contribution >= 0.6 is 0 Å². The van der Waals surface area contributed by atoms with Gasteiger partial charge in [-0.1, -0.05) is 46.6 Å². The lowest BCUT2D eigenvalue weighted by Crippen LogP contribution is -2.40. The van der Waals surface area contributed by atoms with Gasteiger partial charge in [-0.25, -0.2) is 4.79 Å². The molecular formula is C15H29NO2. The lowest BCUT2D eigenvalue weighted by Gasteiger charge is -2.24. The molecule has 0 aromatic carbocycles. The molecule has 2 atom stereocenters. The largest absolute Gasteiger partial charge is 0.443 e. The van der Waals surface area contributed by atoms with Crippen molar-refractivity contribution < 1.29 is 9.53 Å². The van der Waals surface area contributed by atoms with Crippen LogP contribution in [-0.2, 0) is 9.53 Å². The Morgan fingerprint density at radius 3 is 2.33 bits per heavy atom. The number of esters is 1. The molecule has 0 radical (unpaired) electrons. The third-order valence-corrected chi connectivity index (χ3v) is 3.04. The number of hydrogen-bond donors (Lipinski definition) is 1. The predicted octanol–water partition coefficient (Wildman–Crippen LogP) is 3.79. The van der Waals surface area contributed by atoms with Crippen LogP contribution < -0.4 is 5.32 Å². The molecule has 0 rings (SSSR count). The van der Waals surface area contributed by atoms with Gasteiger partial charge in [-0.05, 0) is 26.2 Å². The molecule has 106 valence electrons. The summed E-state index contributed by atoms with van der Waals surface area (Å²) in [6, 6.07) is 0.430. The molecule has 0 saturated carbocycles. The summed E-state index contributed by atoms with van der Waals surface area (Å²) >= 11 is 0. The van der Waals surface area contributed by atoms with Crippen molar-refractivity contribution in [3.8, 4) is 0 Å². The highest BCUT2D eigenvalue weighted by Gasteiger charge is 2.16. The van der Waals surface area contributed by atoms with E-state index < -0.39 is 0 Å². The molecule has 0 aromatic rings.